The maximum absolute atomic E-state index is 11.0. The molecule has 2 bridgehead atoms. The molecule has 80 valence electrons. The largest absolute Gasteiger partial charge is 0.462 e. The van der Waals surface area contributed by atoms with Crippen LogP contribution in [-0.4, -0.2) is 12.1 Å². The van der Waals surface area contributed by atoms with Gasteiger partial charge in [0.25, 0.3) is 0 Å². The topological polar surface area (TPSA) is 26.3 Å². The van der Waals surface area contributed by atoms with Gasteiger partial charge < -0.3 is 4.74 Å². The smallest absolute Gasteiger partial charge is 0.302 e. The molecule has 3 atom stereocenters. The Morgan fingerprint density at radius 2 is 2.00 bits per heavy atom. The van der Waals surface area contributed by atoms with Crippen LogP contribution in [-0.2, 0) is 9.53 Å². The first kappa shape index (κ1) is 10.0. The highest BCUT2D eigenvalue weighted by Crippen LogP contribution is 2.66. The van der Waals surface area contributed by atoms with Crippen LogP contribution in [0.1, 0.15) is 47.0 Å². The van der Waals surface area contributed by atoms with E-state index in [-0.39, 0.29) is 17.5 Å². The van der Waals surface area contributed by atoms with E-state index in [0.29, 0.717) is 5.41 Å². The Morgan fingerprint density at radius 1 is 1.36 bits per heavy atom. The molecule has 2 aliphatic carbocycles. The maximum atomic E-state index is 11.0. The van der Waals surface area contributed by atoms with Gasteiger partial charge in [0.2, 0.25) is 0 Å². The van der Waals surface area contributed by atoms with Gasteiger partial charge in [0.05, 0.1) is 0 Å². The number of hydrogen-bond acceptors (Lipinski definition) is 2. The van der Waals surface area contributed by atoms with Crippen LogP contribution < -0.4 is 0 Å². The molecule has 0 unspecified atom stereocenters. The standard InChI is InChI=1S/C12H20O2/c1-8(13)14-10-7-9-5-6-12(10,4)11(9,2)3/h9-10H,5-7H2,1-4H3/t9-,10-,12+/m1/s1. The molecular weight excluding hydrogens is 176 g/mol. The Kier molecular flexibility index (Phi) is 1.96. The highest BCUT2D eigenvalue weighted by Gasteiger charge is 2.62. The summed E-state index contributed by atoms with van der Waals surface area (Å²) >= 11 is 0. The highest BCUT2D eigenvalue weighted by atomic mass is 16.5. The van der Waals surface area contributed by atoms with E-state index >= 15 is 0 Å². The van der Waals surface area contributed by atoms with Crippen LogP contribution in [0.25, 0.3) is 0 Å². The van der Waals surface area contributed by atoms with Crippen molar-refractivity contribution in [2.75, 3.05) is 0 Å². The number of fused-ring (bicyclic) bond motifs is 2. The molecule has 2 rings (SSSR count). The summed E-state index contributed by atoms with van der Waals surface area (Å²) in [5.74, 6) is 0.622. The molecule has 2 fully saturated rings. The van der Waals surface area contributed by atoms with E-state index in [9.17, 15) is 4.79 Å². The molecule has 0 radical (unpaired) electrons. The summed E-state index contributed by atoms with van der Waals surface area (Å²) in [6.45, 7) is 8.46. The molecule has 0 aromatic carbocycles. The van der Waals surface area contributed by atoms with E-state index in [2.05, 4.69) is 20.8 Å². The van der Waals surface area contributed by atoms with E-state index in [1.54, 1.807) is 0 Å². The van der Waals surface area contributed by atoms with Crippen molar-refractivity contribution < 1.29 is 9.53 Å². The zero-order valence-electron chi connectivity index (χ0n) is 9.59. The lowest BCUT2D eigenvalue weighted by atomic mass is 9.70. The first-order valence-electron chi connectivity index (χ1n) is 5.55. The lowest BCUT2D eigenvalue weighted by Gasteiger charge is -2.38. The molecule has 2 aliphatic rings. The van der Waals surface area contributed by atoms with E-state index in [4.69, 9.17) is 4.74 Å². The summed E-state index contributed by atoms with van der Waals surface area (Å²) in [6, 6.07) is 0. The molecule has 0 aromatic heterocycles. The number of ether oxygens (including phenoxy) is 1. The molecular formula is C12H20O2. The average molecular weight is 196 g/mol. The number of esters is 1. The van der Waals surface area contributed by atoms with Crippen LogP contribution >= 0.6 is 0 Å². The second-order valence-corrected chi connectivity index (χ2v) is 5.71. The zero-order valence-corrected chi connectivity index (χ0v) is 9.59. The van der Waals surface area contributed by atoms with Crippen molar-refractivity contribution in [1.29, 1.82) is 0 Å². The van der Waals surface area contributed by atoms with Crippen molar-refractivity contribution in [1.82, 2.24) is 0 Å². The van der Waals surface area contributed by atoms with Crippen molar-refractivity contribution in [2.24, 2.45) is 16.7 Å². The second kappa shape index (κ2) is 2.74. The molecule has 0 heterocycles. The van der Waals surface area contributed by atoms with Gasteiger partial charge in [0.15, 0.2) is 0 Å². The van der Waals surface area contributed by atoms with Crippen molar-refractivity contribution in [2.45, 2.75) is 53.1 Å². The Hall–Kier alpha value is -0.530. The first-order chi connectivity index (χ1) is 6.38. The number of hydrogen-bond donors (Lipinski definition) is 0. The Labute approximate surface area is 86.0 Å². The van der Waals surface area contributed by atoms with Gasteiger partial charge in [-0.2, -0.15) is 0 Å². The van der Waals surface area contributed by atoms with E-state index in [0.717, 1.165) is 12.3 Å². The third kappa shape index (κ3) is 1.06. The molecule has 0 spiro atoms. The lowest BCUT2D eigenvalue weighted by Crippen LogP contribution is -2.37. The summed E-state index contributed by atoms with van der Waals surface area (Å²) in [7, 11) is 0. The van der Waals surface area contributed by atoms with Crippen LogP contribution in [0.3, 0.4) is 0 Å². The van der Waals surface area contributed by atoms with Crippen molar-refractivity contribution in [3.8, 4) is 0 Å². The molecule has 0 aromatic rings. The molecule has 0 saturated heterocycles. The third-order valence-electron chi connectivity index (χ3n) is 5.02. The molecule has 0 amide bonds. The van der Waals surface area contributed by atoms with E-state index < -0.39 is 0 Å². The number of rotatable bonds is 1. The lowest BCUT2D eigenvalue weighted by molar-refractivity contribution is -0.154. The van der Waals surface area contributed by atoms with Crippen molar-refractivity contribution in [3.63, 3.8) is 0 Å². The summed E-state index contributed by atoms with van der Waals surface area (Å²) < 4.78 is 5.44. The second-order valence-electron chi connectivity index (χ2n) is 5.71. The maximum Gasteiger partial charge on any atom is 0.302 e. The van der Waals surface area contributed by atoms with Crippen LogP contribution in [0.4, 0.5) is 0 Å². The molecule has 14 heavy (non-hydrogen) atoms. The van der Waals surface area contributed by atoms with Gasteiger partial charge in [-0.1, -0.05) is 20.8 Å². The van der Waals surface area contributed by atoms with Crippen LogP contribution in [0.2, 0.25) is 0 Å². The number of carbonyl (C=O) groups excluding carboxylic acids is 1. The fourth-order valence-corrected chi connectivity index (χ4v) is 3.51. The van der Waals surface area contributed by atoms with Crippen molar-refractivity contribution >= 4 is 5.97 Å². The third-order valence-corrected chi connectivity index (χ3v) is 5.02. The van der Waals surface area contributed by atoms with Gasteiger partial charge in [-0.3, -0.25) is 4.79 Å². The summed E-state index contributed by atoms with van der Waals surface area (Å²) in [5.41, 5.74) is 0.552. The quantitative estimate of drug-likeness (QED) is 0.603. The summed E-state index contributed by atoms with van der Waals surface area (Å²) in [5, 5.41) is 0. The normalized spacial score (nSPS) is 44.0. The minimum absolute atomic E-state index is 0.125. The number of carbonyl (C=O) groups is 1. The zero-order chi connectivity index (χ0) is 10.6. The first-order valence-corrected chi connectivity index (χ1v) is 5.55. The molecule has 0 N–H and O–H groups in total. The summed E-state index contributed by atoms with van der Waals surface area (Å²) in [4.78, 5) is 11.0. The van der Waals surface area contributed by atoms with Gasteiger partial charge in [0, 0.05) is 12.3 Å². The average Bonchev–Trinajstić information content (AvgIpc) is 2.35. The fraction of sp³-hybridized carbons (Fsp3) is 0.917. The summed E-state index contributed by atoms with van der Waals surface area (Å²) in [6.07, 6.45) is 3.75. The van der Waals surface area contributed by atoms with Gasteiger partial charge in [-0.15, -0.1) is 0 Å². The van der Waals surface area contributed by atoms with Gasteiger partial charge in [-0.25, -0.2) is 0 Å². The van der Waals surface area contributed by atoms with Gasteiger partial charge in [0.1, 0.15) is 6.10 Å². The minimum Gasteiger partial charge on any atom is -0.462 e. The minimum atomic E-state index is -0.125. The Bertz CT molecular complexity index is 269. The van der Waals surface area contributed by atoms with Crippen molar-refractivity contribution in [3.05, 3.63) is 0 Å². The van der Waals surface area contributed by atoms with Gasteiger partial charge >= 0.3 is 5.97 Å². The van der Waals surface area contributed by atoms with Crippen LogP contribution in [0.5, 0.6) is 0 Å². The highest BCUT2D eigenvalue weighted by molar-refractivity contribution is 5.66. The Balaban J connectivity index is 2.23. The molecule has 2 heteroatoms. The van der Waals surface area contributed by atoms with E-state index in [1.807, 2.05) is 0 Å². The van der Waals surface area contributed by atoms with Gasteiger partial charge in [-0.05, 0) is 30.6 Å². The predicted octanol–water partition coefficient (Wildman–Crippen LogP) is 2.76. The SMILES string of the molecule is CC(=O)O[C@@H]1C[C@H]2CC[C@]1(C)C2(C)C. The van der Waals surface area contributed by atoms with E-state index in [1.165, 1.54) is 19.8 Å². The monoisotopic (exact) mass is 196 g/mol. The molecule has 0 aliphatic heterocycles. The fourth-order valence-electron chi connectivity index (χ4n) is 3.51. The Morgan fingerprint density at radius 3 is 2.36 bits per heavy atom. The molecule has 2 nitrogen and oxygen atoms in total. The molecule has 2 saturated carbocycles. The predicted molar refractivity (Wildman–Crippen MR) is 54.8 cm³/mol. The van der Waals surface area contributed by atoms with Crippen LogP contribution in [0, 0.1) is 16.7 Å². The van der Waals surface area contributed by atoms with Crippen LogP contribution in [0.15, 0.2) is 0 Å².